The third kappa shape index (κ3) is 3.89. The summed E-state index contributed by atoms with van der Waals surface area (Å²) in [6.07, 6.45) is -4.38. The molecule has 2 aromatic rings. The summed E-state index contributed by atoms with van der Waals surface area (Å²) in [4.78, 5) is 25.9. The number of halogens is 4. The molecule has 1 N–H and O–H groups in total. The average Bonchev–Trinajstić information content (AvgIpc) is 2.90. The second-order valence-corrected chi connectivity index (χ2v) is 7.80. The molecule has 1 aliphatic heterocycles. The Morgan fingerprint density at radius 3 is 2.41 bits per heavy atom. The van der Waals surface area contributed by atoms with Gasteiger partial charge in [-0.3, -0.25) is 14.5 Å². The van der Waals surface area contributed by atoms with Gasteiger partial charge in [0.2, 0.25) is 6.41 Å². The maximum absolute atomic E-state index is 14.5. The molecule has 166 valence electrons. The highest BCUT2D eigenvalue weighted by Gasteiger charge is 2.50. The van der Waals surface area contributed by atoms with Crippen LogP contribution in [-0.2, 0) is 22.3 Å². The highest BCUT2D eigenvalue weighted by Crippen LogP contribution is 2.39. The second kappa shape index (κ2) is 8.20. The fraction of sp³-hybridized carbons (Fsp3) is 0.238. The number of nitriles is 1. The van der Waals surface area contributed by atoms with Crippen LogP contribution < -0.4 is 15.1 Å². The summed E-state index contributed by atoms with van der Waals surface area (Å²) >= 11 is 5.40. The van der Waals surface area contributed by atoms with Gasteiger partial charge in [-0.25, -0.2) is 4.39 Å². The van der Waals surface area contributed by atoms with Gasteiger partial charge in [-0.15, -0.1) is 0 Å². The first-order chi connectivity index (χ1) is 14.9. The van der Waals surface area contributed by atoms with Crippen molar-refractivity contribution in [1.29, 1.82) is 5.26 Å². The number of nitrogens with one attached hydrogen (secondary N) is 1. The number of thiocarbonyl (C=S) groups is 1. The smallest absolute Gasteiger partial charge is 0.354 e. The SMILES string of the molecule is CC1(C)C(=O)N(c2ccc(C#N)c(C(F)(F)F)c2)C(=S)N1c1ccc(CNC=O)c(F)c1. The van der Waals surface area contributed by atoms with Crippen LogP contribution in [0.2, 0.25) is 0 Å². The molecule has 1 fully saturated rings. The zero-order valence-electron chi connectivity index (χ0n) is 16.8. The molecule has 0 unspecified atom stereocenters. The van der Waals surface area contributed by atoms with E-state index >= 15 is 0 Å². The maximum atomic E-state index is 14.5. The summed E-state index contributed by atoms with van der Waals surface area (Å²) in [5.74, 6) is -1.27. The summed E-state index contributed by atoms with van der Waals surface area (Å²) in [6.45, 7) is 2.98. The fourth-order valence-corrected chi connectivity index (χ4v) is 3.95. The van der Waals surface area contributed by atoms with Crippen molar-refractivity contribution < 1.29 is 27.2 Å². The molecule has 0 bridgehead atoms. The van der Waals surface area contributed by atoms with E-state index in [9.17, 15) is 27.2 Å². The number of benzene rings is 2. The van der Waals surface area contributed by atoms with Crippen molar-refractivity contribution in [2.75, 3.05) is 9.80 Å². The molecule has 0 saturated carbocycles. The predicted octanol–water partition coefficient (Wildman–Crippen LogP) is 3.88. The van der Waals surface area contributed by atoms with Gasteiger partial charge in [0, 0.05) is 17.8 Å². The molecule has 32 heavy (non-hydrogen) atoms. The molecule has 1 aliphatic rings. The monoisotopic (exact) mass is 464 g/mol. The topological polar surface area (TPSA) is 76.4 Å². The third-order valence-corrected chi connectivity index (χ3v) is 5.39. The first-order valence-corrected chi connectivity index (χ1v) is 9.60. The zero-order chi connectivity index (χ0) is 23.8. The van der Waals surface area contributed by atoms with Crippen molar-refractivity contribution in [1.82, 2.24) is 5.32 Å². The molecule has 1 saturated heterocycles. The van der Waals surface area contributed by atoms with E-state index in [4.69, 9.17) is 17.5 Å². The molecule has 1 heterocycles. The number of amides is 2. The van der Waals surface area contributed by atoms with E-state index in [0.29, 0.717) is 12.5 Å². The number of carbonyl (C=O) groups is 2. The summed E-state index contributed by atoms with van der Waals surface area (Å²) in [7, 11) is 0. The van der Waals surface area contributed by atoms with E-state index in [1.54, 1.807) is 0 Å². The number of carbonyl (C=O) groups excluding carboxylic acids is 2. The minimum Gasteiger partial charge on any atom is -0.354 e. The molecule has 0 aromatic heterocycles. The Morgan fingerprint density at radius 1 is 1.19 bits per heavy atom. The highest BCUT2D eigenvalue weighted by atomic mass is 32.1. The quantitative estimate of drug-likeness (QED) is 0.413. The predicted molar refractivity (Wildman–Crippen MR) is 112 cm³/mol. The molecule has 0 aliphatic carbocycles. The second-order valence-electron chi connectivity index (χ2n) is 7.43. The van der Waals surface area contributed by atoms with E-state index in [0.717, 1.165) is 17.0 Å². The van der Waals surface area contributed by atoms with E-state index in [-0.39, 0.29) is 28.6 Å². The van der Waals surface area contributed by atoms with Crippen molar-refractivity contribution in [2.45, 2.75) is 32.1 Å². The van der Waals surface area contributed by atoms with Crippen LogP contribution in [0.4, 0.5) is 28.9 Å². The highest BCUT2D eigenvalue weighted by molar-refractivity contribution is 7.81. The lowest BCUT2D eigenvalue weighted by atomic mass is 10.0. The van der Waals surface area contributed by atoms with Gasteiger partial charge in [0.15, 0.2) is 5.11 Å². The Morgan fingerprint density at radius 2 is 1.84 bits per heavy atom. The molecular weight excluding hydrogens is 448 g/mol. The number of hydrogen-bond acceptors (Lipinski definition) is 4. The molecule has 6 nitrogen and oxygen atoms in total. The molecule has 0 radical (unpaired) electrons. The molecule has 0 atom stereocenters. The van der Waals surface area contributed by atoms with Crippen LogP contribution in [0.25, 0.3) is 0 Å². The largest absolute Gasteiger partial charge is 0.417 e. The van der Waals surface area contributed by atoms with Crippen molar-refractivity contribution in [2.24, 2.45) is 0 Å². The first-order valence-electron chi connectivity index (χ1n) is 9.19. The van der Waals surface area contributed by atoms with E-state index < -0.39 is 34.6 Å². The Hall–Kier alpha value is -3.52. The van der Waals surface area contributed by atoms with Gasteiger partial charge < -0.3 is 10.2 Å². The maximum Gasteiger partial charge on any atom is 0.417 e. The molecule has 2 amide bonds. The lowest BCUT2D eigenvalue weighted by Crippen LogP contribution is -2.44. The number of anilines is 2. The van der Waals surface area contributed by atoms with Crippen LogP contribution in [0, 0.1) is 17.1 Å². The van der Waals surface area contributed by atoms with Gasteiger partial charge in [0.1, 0.15) is 11.4 Å². The Bertz CT molecular complexity index is 1160. The molecule has 11 heteroatoms. The molecular formula is C21H16F4N4O2S. The summed E-state index contributed by atoms with van der Waals surface area (Å²) in [5, 5.41) is 11.2. The van der Waals surface area contributed by atoms with E-state index in [1.807, 2.05) is 0 Å². The van der Waals surface area contributed by atoms with Crippen molar-refractivity contribution >= 4 is 41.0 Å². The fourth-order valence-electron chi connectivity index (χ4n) is 3.43. The molecule has 2 aromatic carbocycles. The minimum atomic E-state index is -4.81. The van der Waals surface area contributed by atoms with Gasteiger partial charge in [0.25, 0.3) is 5.91 Å². The van der Waals surface area contributed by atoms with Gasteiger partial charge in [-0.1, -0.05) is 6.07 Å². The van der Waals surface area contributed by atoms with E-state index in [1.165, 1.54) is 43.0 Å². The Kier molecular flexibility index (Phi) is 5.93. The Labute approximate surface area is 186 Å². The molecule has 0 spiro atoms. The first kappa shape index (κ1) is 23.1. The standard InChI is InChI=1S/C21H16F4N4O2S/c1-20(2)18(31)28(14-5-3-12(9-26)16(7-14)21(23,24)25)19(32)29(20)15-6-4-13(10-27-11-30)17(22)8-15/h3-8,11H,10H2,1-2H3,(H,27,30). The summed E-state index contributed by atoms with van der Waals surface area (Å²) < 4.78 is 54.7. The van der Waals surface area contributed by atoms with Crippen molar-refractivity contribution in [3.8, 4) is 6.07 Å². The zero-order valence-corrected chi connectivity index (χ0v) is 17.6. The number of nitrogens with zero attached hydrogens (tertiary/aromatic N) is 3. The van der Waals surface area contributed by atoms with Crippen molar-refractivity contribution in [3.05, 3.63) is 58.9 Å². The van der Waals surface area contributed by atoms with Gasteiger partial charge >= 0.3 is 6.18 Å². The van der Waals surface area contributed by atoms with Crippen LogP contribution in [0.5, 0.6) is 0 Å². The summed E-state index contributed by atoms with van der Waals surface area (Å²) in [5.41, 5.74) is -2.85. The van der Waals surface area contributed by atoms with Gasteiger partial charge in [-0.2, -0.15) is 18.4 Å². The molecule has 3 rings (SSSR count). The van der Waals surface area contributed by atoms with Crippen LogP contribution in [0.15, 0.2) is 36.4 Å². The lowest BCUT2D eigenvalue weighted by Gasteiger charge is -2.29. The Balaban J connectivity index is 2.06. The van der Waals surface area contributed by atoms with Crippen LogP contribution in [-0.4, -0.2) is 23.0 Å². The van der Waals surface area contributed by atoms with Crippen LogP contribution >= 0.6 is 12.2 Å². The minimum absolute atomic E-state index is 0.0417. The number of alkyl halides is 3. The van der Waals surface area contributed by atoms with Crippen molar-refractivity contribution in [3.63, 3.8) is 0 Å². The van der Waals surface area contributed by atoms with Gasteiger partial charge in [-0.05, 0) is 56.4 Å². The van der Waals surface area contributed by atoms with Crippen LogP contribution in [0.1, 0.15) is 30.5 Å². The van der Waals surface area contributed by atoms with Crippen LogP contribution in [0.3, 0.4) is 0 Å². The number of rotatable bonds is 5. The third-order valence-electron chi connectivity index (χ3n) is 5.03. The normalized spacial score (nSPS) is 15.7. The number of hydrogen-bond donors (Lipinski definition) is 1. The summed E-state index contributed by atoms with van der Waals surface area (Å²) in [6, 6.07) is 8.39. The van der Waals surface area contributed by atoms with E-state index in [2.05, 4.69) is 5.32 Å². The lowest BCUT2D eigenvalue weighted by molar-refractivity contribution is -0.137. The average molecular weight is 464 g/mol. The van der Waals surface area contributed by atoms with Gasteiger partial charge in [0.05, 0.1) is 22.9 Å².